The van der Waals surface area contributed by atoms with Gasteiger partial charge in [-0.25, -0.2) is 0 Å². The van der Waals surface area contributed by atoms with Gasteiger partial charge in [-0.05, 0) is 128 Å². The Kier molecular flexibility index (Phi) is 64.3. The van der Waals surface area contributed by atoms with E-state index in [2.05, 4.69) is 154 Å². The zero-order chi connectivity index (χ0) is 58.5. The first-order chi connectivity index (χ1) is 40.0. The van der Waals surface area contributed by atoms with Crippen molar-refractivity contribution in [3.05, 3.63) is 134 Å². The van der Waals surface area contributed by atoms with E-state index in [1.165, 1.54) is 141 Å². The third-order valence-electron chi connectivity index (χ3n) is 14.1. The molecule has 0 aliphatic carbocycles. The Hall–Kier alpha value is -4.45. The Morgan fingerprint density at radius 1 is 0.259 bits per heavy atom. The fourth-order valence-electron chi connectivity index (χ4n) is 9.15. The van der Waals surface area contributed by atoms with Gasteiger partial charge in [-0.1, -0.05) is 289 Å². The monoisotopic (exact) mass is 1120 g/mol. The van der Waals surface area contributed by atoms with Gasteiger partial charge in [0.1, 0.15) is 13.2 Å². The molecule has 0 fully saturated rings. The average molecular weight is 1120 g/mol. The number of carbonyl (C=O) groups is 3. The van der Waals surface area contributed by atoms with E-state index in [0.717, 1.165) is 116 Å². The molecule has 0 aromatic rings. The fourth-order valence-corrected chi connectivity index (χ4v) is 9.15. The molecule has 460 valence electrons. The highest BCUT2D eigenvalue weighted by atomic mass is 16.6. The smallest absolute Gasteiger partial charge is 0.306 e. The van der Waals surface area contributed by atoms with E-state index in [9.17, 15) is 14.4 Å². The van der Waals surface area contributed by atoms with Gasteiger partial charge in [0.05, 0.1) is 0 Å². The van der Waals surface area contributed by atoms with Gasteiger partial charge >= 0.3 is 17.9 Å². The lowest BCUT2D eigenvalue weighted by molar-refractivity contribution is -0.167. The highest BCUT2D eigenvalue weighted by molar-refractivity contribution is 5.71. The van der Waals surface area contributed by atoms with E-state index in [1.54, 1.807) is 0 Å². The predicted octanol–water partition coefficient (Wildman–Crippen LogP) is 23.3. The number of unbranched alkanes of at least 4 members (excludes halogenated alkanes) is 27. The summed E-state index contributed by atoms with van der Waals surface area (Å²) < 4.78 is 16.9. The average Bonchev–Trinajstić information content (AvgIpc) is 3.47. The Morgan fingerprint density at radius 2 is 0.494 bits per heavy atom. The highest BCUT2D eigenvalue weighted by Gasteiger charge is 2.19. The summed E-state index contributed by atoms with van der Waals surface area (Å²) in [6, 6.07) is 0. The second-order valence-electron chi connectivity index (χ2n) is 22.0. The van der Waals surface area contributed by atoms with Crippen LogP contribution in [0.15, 0.2) is 134 Å². The van der Waals surface area contributed by atoms with Crippen LogP contribution < -0.4 is 0 Å². The zero-order valence-corrected chi connectivity index (χ0v) is 52.8. The summed E-state index contributed by atoms with van der Waals surface area (Å²) >= 11 is 0. The van der Waals surface area contributed by atoms with E-state index in [0.29, 0.717) is 19.3 Å². The third-order valence-corrected chi connectivity index (χ3v) is 14.1. The largest absolute Gasteiger partial charge is 0.462 e. The van der Waals surface area contributed by atoms with Crippen molar-refractivity contribution in [1.29, 1.82) is 0 Å². The van der Waals surface area contributed by atoms with Gasteiger partial charge in [0.25, 0.3) is 0 Å². The lowest BCUT2D eigenvalue weighted by Crippen LogP contribution is -2.30. The molecule has 0 radical (unpaired) electrons. The molecule has 6 heteroatoms. The number of rotatable bonds is 60. The van der Waals surface area contributed by atoms with Crippen LogP contribution in [0.25, 0.3) is 0 Å². The van der Waals surface area contributed by atoms with Crippen LogP contribution in [0, 0.1) is 0 Å². The quantitative estimate of drug-likeness (QED) is 0.0261. The van der Waals surface area contributed by atoms with Crippen LogP contribution >= 0.6 is 0 Å². The van der Waals surface area contributed by atoms with Crippen LogP contribution in [0.2, 0.25) is 0 Å². The van der Waals surface area contributed by atoms with E-state index in [-0.39, 0.29) is 37.5 Å². The van der Waals surface area contributed by atoms with Crippen molar-refractivity contribution in [2.45, 2.75) is 309 Å². The van der Waals surface area contributed by atoms with Crippen LogP contribution in [0.4, 0.5) is 0 Å². The molecule has 0 saturated carbocycles. The molecule has 0 aliphatic rings. The second kappa shape index (κ2) is 68.1. The molecule has 0 bridgehead atoms. The second-order valence-corrected chi connectivity index (χ2v) is 22.0. The van der Waals surface area contributed by atoms with Crippen LogP contribution in [0.5, 0.6) is 0 Å². The fraction of sp³-hybridized carbons (Fsp3) is 0.667. The number of hydrogen-bond acceptors (Lipinski definition) is 6. The molecule has 0 aromatic carbocycles. The standard InChI is InChI=1S/C75H124O6/c1-4-7-10-13-16-19-22-25-28-31-33-35-37-39-41-44-47-50-53-56-59-62-65-68-74(77)80-71-72(70-79-73(76)67-64-61-58-55-52-49-46-43-30-27-24-21-18-15-12-9-6-3)81-75(78)69-66-63-60-57-54-51-48-45-42-40-38-36-34-32-29-26-23-20-17-14-11-8-5-2/h7,9-10,12,16,18-19,21,25,27-28,30,32-35,39,41,46,49,55,58,72H,4-6,8,11,13-15,17,20,22-24,26,29,31,36-38,40,42-45,47-48,50-54,56-57,59-71H2,1-3H3/b10-7-,12-9-,19-16-,21-18-,28-25-,30-27-,34-32-,35-33-,41-39-,49-46-,58-55-. The van der Waals surface area contributed by atoms with Gasteiger partial charge in [0.2, 0.25) is 0 Å². The van der Waals surface area contributed by atoms with Crippen molar-refractivity contribution < 1.29 is 28.6 Å². The summed E-state index contributed by atoms with van der Waals surface area (Å²) in [5.74, 6) is -0.970. The van der Waals surface area contributed by atoms with Crippen LogP contribution in [-0.4, -0.2) is 37.2 Å². The highest BCUT2D eigenvalue weighted by Crippen LogP contribution is 2.16. The first kappa shape index (κ1) is 76.5. The Balaban J connectivity index is 4.46. The van der Waals surface area contributed by atoms with Crippen LogP contribution in [0.3, 0.4) is 0 Å². The maximum atomic E-state index is 13.0. The number of ether oxygens (including phenoxy) is 3. The molecule has 0 N–H and O–H groups in total. The molecule has 0 heterocycles. The van der Waals surface area contributed by atoms with E-state index < -0.39 is 6.10 Å². The summed E-state index contributed by atoms with van der Waals surface area (Å²) in [5, 5.41) is 0. The Morgan fingerprint density at radius 3 is 0.815 bits per heavy atom. The molecule has 0 rings (SSSR count). The van der Waals surface area contributed by atoms with Crippen LogP contribution in [-0.2, 0) is 28.6 Å². The van der Waals surface area contributed by atoms with E-state index in [4.69, 9.17) is 14.2 Å². The molecule has 0 aliphatic heterocycles. The molecular weight excluding hydrogens is 997 g/mol. The molecule has 0 spiro atoms. The first-order valence-electron chi connectivity index (χ1n) is 33.7. The summed E-state index contributed by atoms with van der Waals surface area (Å²) in [6.45, 7) is 6.38. The SMILES string of the molecule is CC/C=C\C/C=C\C/C=C\C/C=C\C/C=C\CCCCCCCCCC(=O)OCC(COC(=O)CCC/C=C\C/C=C\C/C=C\C/C=C\C/C=C\CC)OC(=O)CCCCCCCCCCCCC/C=C\CCCCCCCCCC. The Labute approximate surface area is 500 Å². The van der Waals surface area contributed by atoms with Gasteiger partial charge in [0, 0.05) is 19.3 Å². The molecule has 1 atom stereocenters. The maximum Gasteiger partial charge on any atom is 0.306 e. The third kappa shape index (κ3) is 66.2. The number of hydrogen-bond donors (Lipinski definition) is 0. The minimum atomic E-state index is -0.813. The predicted molar refractivity (Wildman–Crippen MR) is 353 cm³/mol. The number of carbonyl (C=O) groups excluding carboxylic acids is 3. The molecule has 6 nitrogen and oxygen atoms in total. The van der Waals surface area contributed by atoms with Crippen molar-refractivity contribution in [2.75, 3.05) is 13.2 Å². The maximum absolute atomic E-state index is 13.0. The van der Waals surface area contributed by atoms with Crippen molar-refractivity contribution in [2.24, 2.45) is 0 Å². The van der Waals surface area contributed by atoms with Crippen molar-refractivity contribution in [1.82, 2.24) is 0 Å². The molecular formula is C75H124O6. The summed E-state index contributed by atoms with van der Waals surface area (Å²) in [6.07, 6.45) is 96.1. The molecule has 1 unspecified atom stereocenters. The summed E-state index contributed by atoms with van der Waals surface area (Å²) in [7, 11) is 0. The summed E-state index contributed by atoms with van der Waals surface area (Å²) in [4.78, 5) is 38.4. The van der Waals surface area contributed by atoms with E-state index in [1.807, 2.05) is 0 Å². The minimum absolute atomic E-state index is 0.105. The van der Waals surface area contributed by atoms with Gasteiger partial charge in [-0.2, -0.15) is 0 Å². The van der Waals surface area contributed by atoms with Crippen LogP contribution in [0.1, 0.15) is 303 Å². The van der Waals surface area contributed by atoms with Gasteiger partial charge in [0.15, 0.2) is 6.10 Å². The summed E-state index contributed by atoms with van der Waals surface area (Å²) in [5.41, 5.74) is 0. The van der Waals surface area contributed by atoms with Crippen molar-refractivity contribution in [3.63, 3.8) is 0 Å². The minimum Gasteiger partial charge on any atom is -0.462 e. The lowest BCUT2D eigenvalue weighted by atomic mass is 10.0. The molecule has 0 aromatic heterocycles. The topological polar surface area (TPSA) is 78.9 Å². The first-order valence-corrected chi connectivity index (χ1v) is 33.7. The lowest BCUT2D eigenvalue weighted by Gasteiger charge is -2.18. The molecule has 81 heavy (non-hydrogen) atoms. The molecule has 0 amide bonds. The van der Waals surface area contributed by atoms with E-state index >= 15 is 0 Å². The van der Waals surface area contributed by atoms with Crippen molar-refractivity contribution >= 4 is 17.9 Å². The van der Waals surface area contributed by atoms with Crippen molar-refractivity contribution in [3.8, 4) is 0 Å². The molecule has 0 saturated heterocycles. The number of esters is 3. The normalized spacial score (nSPS) is 13.0. The van der Waals surface area contributed by atoms with Gasteiger partial charge < -0.3 is 14.2 Å². The zero-order valence-electron chi connectivity index (χ0n) is 52.8. The Bertz CT molecular complexity index is 1720. The van der Waals surface area contributed by atoms with Gasteiger partial charge in [-0.15, -0.1) is 0 Å². The number of allylic oxidation sites excluding steroid dienone is 22. The van der Waals surface area contributed by atoms with Gasteiger partial charge in [-0.3, -0.25) is 14.4 Å².